The van der Waals surface area contributed by atoms with Crippen LogP contribution in [-0.2, 0) is 0 Å². The van der Waals surface area contributed by atoms with E-state index in [1.807, 2.05) is 0 Å². The van der Waals surface area contributed by atoms with Gasteiger partial charge in [-0.25, -0.2) is 13.7 Å². The van der Waals surface area contributed by atoms with Gasteiger partial charge in [-0.15, -0.1) is 5.10 Å². The molecule has 1 aliphatic carbocycles. The van der Waals surface area contributed by atoms with E-state index in [9.17, 15) is 14.0 Å². The van der Waals surface area contributed by atoms with E-state index in [0.717, 1.165) is 18.4 Å². The maximum absolute atomic E-state index is 14.1. The van der Waals surface area contributed by atoms with Gasteiger partial charge >= 0.3 is 5.69 Å². The first kappa shape index (κ1) is 13.9. The molecule has 0 aliphatic heterocycles. The van der Waals surface area contributed by atoms with Crippen molar-refractivity contribution in [2.75, 3.05) is 0 Å². The Bertz CT molecular complexity index is 1020. The molecule has 3 heterocycles. The van der Waals surface area contributed by atoms with Crippen LogP contribution in [0.1, 0.15) is 31.2 Å². The van der Waals surface area contributed by atoms with Gasteiger partial charge < -0.3 is 0 Å². The van der Waals surface area contributed by atoms with Crippen molar-refractivity contribution in [3.63, 3.8) is 0 Å². The zero-order chi connectivity index (χ0) is 16.1. The van der Waals surface area contributed by atoms with Crippen LogP contribution in [0.5, 0.6) is 0 Å². The molecule has 3 aromatic heterocycles. The molecule has 0 spiro atoms. The van der Waals surface area contributed by atoms with Crippen LogP contribution < -0.4 is 11.2 Å². The monoisotopic (exact) mass is 314 g/mol. The van der Waals surface area contributed by atoms with Gasteiger partial charge in [0.1, 0.15) is 5.52 Å². The van der Waals surface area contributed by atoms with Crippen molar-refractivity contribution in [3.8, 4) is 5.82 Å². The normalized spacial score (nSPS) is 20.1. The number of fused-ring (bicyclic) bond motifs is 1. The lowest BCUT2D eigenvalue weighted by Gasteiger charge is -2.09. The topological polar surface area (TPSA) is 72.2 Å². The minimum Gasteiger partial charge on any atom is -0.274 e. The molecule has 23 heavy (non-hydrogen) atoms. The Kier molecular flexibility index (Phi) is 2.97. The second-order valence-electron chi connectivity index (χ2n) is 5.91. The van der Waals surface area contributed by atoms with Gasteiger partial charge in [-0.05, 0) is 36.0 Å². The third kappa shape index (κ3) is 2.19. The van der Waals surface area contributed by atoms with Gasteiger partial charge in [0.25, 0.3) is 5.56 Å². The summed E-state index contributed by atoms with van der Waals surface area (Å²) in [5, 5.41) is 4.30. The molecule has 0 unspecified atom stereocenters. The SMILES string of the molecule is CC[C@H]1C[C@@H]1c1cc(-n2ccc(=O)[nH]c2=O)nn2ccc(F)c12. The summed E-state index contributed by atoms with van der Waals surface area (Å²) in [6, 6.07) is 4.38. The highest BCUT2D eigenvalue weighted by Crippen LogP contribution is 2.51. The first-order valence-electron chi connectivity index (χ1n) is 7.58. The predicted octanol–water partition coefficient (Wildman–Crippen LogP) is 1.83. The molecule has 0 amide bonds. The molecule has 3 aromatic rings. The van der Waals surface area contributed by atoms with Crippen molar-refractivity contribution in [1.82, 2.24) is 19.2 Å². The van der Waals surface area contributed by atoms with Crippen molar-refractivity contribution >= 4 is 5.52 Å². The molecular weight excluding hydrogens is 299 g/mol. The average molecular weight is 314 g/mol. The van der Waals surface area contributed by atoms with Crippen molar-refractivity contribution in [2.24, 2.45) is 5.92 Å². The molecule has 1 aliphatic rings. The molecule has 0 aromatic carbocycles. The first-order chi connectivity index (χ1) is 11.1. The molecule has 7 heteroatoms. The Morgan fingerprint density at radius 3 is 2.87 bits per heavy atom. The Labute approximate surface area is 130 Å². The van der Waals surface area contributed by atoms with E-state index in [1.54, 1.807) is 6.07 Å². The summed E-state index contributed by atoms with van der Waals surface area (Å²) in [7, 11) is 0. The number of halogens is 1. The highest BCUT2D eigenvalue weighted by molar-refractivity contribution is 5.60. The van der Waals surface area contributed by atoms with Gasteiger partial charge in [-0.3, -0.25) is 14.3 Å². The molecule has 4 rings (SSSR count). The fourth-order valence-corrected chi connectivity index (χ4v) is 3.18. The Hall–Kier alpha value is -2.70. The van der Waals surface area contributed by atoms with E-state index in [-0.39, 0.29) is 11.7 Å². The van der Waals surface area contributed by atoms with E-state index < -0.39 is 11.2 Å². The number of aromatic amines is 1. The van der Waals surface area contributed by atoms with E-state index in [0.29, 0.717) is 17.3 Å². The van der Waals surface area contributed by atoms with Gasteiger partial charge in [-0.1, -0.05) is 13.3 Å². The van der Waals surface area contributed by atoms with Crippen molar-refractivity contribution in [3.05, 3.63) is 62.8 Å². The summed E-state index contributed by atoms with van der Waals surface area (Å²) in [6.07, 6.45) is 4.97. The third-order valence-corrected chi connectivity index (χ3v) is 4.50. The number of H-pyrrole nitrogens is 1. The summed E-state index contributed by atoms with van der Waals surface area (Å²) < 4.78 is 16.8. The van der Waals surface area contributed by atoms with Crippen LogP contribution in [0, 0.1) is 11.7 Å². The lowest BCUT2D eigenvalue weighted by molar-refractivity contribution is 0.636. The maximum Gasteiger partial charge on any atom is 0.334 e. The zero-order valence-corrected chi connectivity index (χ0v) is 12.5. The van der Waals surface area contributed by atoms with E-state index in [4.69, 9.17) is 0 Å². The molecule has 0 radical (unpaired) electrons. The molecule has 6 nitrogen and oxygen atoms in total. The van der Waals surface area contributed by atoms with Crippen LogP contribution in [0.2, 0.25) is 0 Å². The maximum atomic E-state index is 14.1. The summed E-state index contributed by atoms with van der Waals surface area (Å²) in [6.45, 7) is 2.12. The van der Waals surface area contributed by atoms with Crippen LogP contribution in [-0.4, -0.2) is 19.2 Å². The number of hydrogen-bond acceptors (Lipinski definition) is 3. The summed E-state index contributed by atoms with van der Waals surface area (Å²) in [5.74, 6) is 0.878. The van der Waals surface area contributed by atoms with Crippen LogP contribution >= 0.6 is 0 Å². The molecule has 0 bridgehead atoms. The van der Waals surface area contributed by atoms with Crippen molar-refractivity contribution in [1.29, 1.82) is 0 Å². The van der Waals surface area contributed by atoms with Gasteiger partial charge in [0, 0.05) is 18.5 Å². The Morgan fingerprint density at radius 1 is 1.35 bits per heavy atom. The first-order valence-corrected chi connectivity index (χ1v) is 7.58. The lowest BCUT2D eigenvalue weighted by atomic mass is 10.1. The smallest absolute Gasteiger partial charge is 0.274 e. The third-order valence-electron chi connectivity index (χ3n) is 4.50. The molecule has 1 fully saturated rings. The number of hydrogen-bond donors (Lipinski definition) is 1. The fraction of sp³-hybridized carbons (Fsp3) is 0.312. The Morgan fingerprint density at radius 2 is 2.17 bits per heavy atom. The quantitative estimate of drug-likeness (QED) is 0.801. The fourth-order valence-electron chi connectivity index (χ4n) is 3.18. The predicted molar refractivity (Wildman–Crippen MR) is 82.5 cm³/mol. The minimum atomic E-state index is -0.564. The molecule has 118 valence electrons. The summed E-state index contributed by atoms with van der Waals surface area (Å²) in [4.78, 5) is 25.4. The van der Waals surface area contributed by atoms with Crippen LogP contribution in [0.15, 0.2) is 40.2 Å². The Balaban J connectivity index is 1.95. The standard InChI is InChI=1S/C16H15FN4O2/c1-2-9-7-10(9)11-8-13(19-21-6-3-12(17)15(11)21)20-5-4-14(22)18-16(20)23/h3-6,8-10H,2,7H2,1H3,(H,18,22,23)/t9-,10-/m0/s1. The minimum absolute atomic E-state index is 0.284. The summed E-state index contributed by atoms with van der Waals surface area (Å²) >= 11 is 0. The van der Waals surface area contributed by atoms with Crippen LogP contribution in [0.4, 0.5) is 4.39 Å². The average Bonchev–Trinajstić information content (AvgIpc) is 3.23. The van der Waals surface area contributed by atoms with Gasteiger partial charge in [0.05, 0.1) is 0 Å². The molecule has 2 atom stereocenters. The largest absolute Gasteiger partial charge is 0.334 e. The molecule has 1 saturated carbocycles. The molecule has 0 saturated heterocycles. The van der Waals surface area contributed by atoms with Gasteiger partial charge in [0.15, 0.2) is 11.6 Å². The van der Waals surface area contributed by atoms with E-state index in [1.165, 1.54) is 33.6 Å². The molecule has 1 N–H and O–H groups in total. The highest BCUT2D eigenvalue weighted by Gasteiger charge is 2.38. The van der Waals surface area contributed by atoms with E-state index >= 15 is 0 Å². The number of aromatic nitrogens is 4. The summed E-state index contributed by atoms with van der Waals surface area (Å²) in [5.41, 5.74) is 0.299. The zero-order valence-electron chi connectivity index (χ0n) is 12.5. The van der Waals surface area contributed by atoms with Gasteiger partial charge in [0.2, 0.25) is 0 Å². The molecular formula is C16H15FN4O2. The van der Waals surface area contributed by atoms with Crippen LogP contribution in [0.3, 0.4) is 0 Å². The second-order valence-corrected chi connectivity index (χ2v) is 5.91. The highest BCUT2D eigenvalue weighted by atomic mass is 19.1. The number of nitrogens with zero attached hydrogens (tertiary/aromatic N) is 3. The van der Waals surface area contributed by atoms with Crippen molar-refractivity contribution < 1.29 is 4.39 Å². The lowest BCUT2D eigenvalue weighted by Crippen LogP contribution is -2.28. The number of rotatable bonds is 3. The van der Waals surface area contributed by atoms with E-state index in [2.05, 4.69) is 17.0 Å². The van der Waals surface area contributed by atoms with Crippen molar-refractivity contribution in [2.45, 2.75) is 25.7 Å². The van der Waals surface area contributed by atoms with Gasteiger partial charge in [-0.2, -0.15) is 0 Å². The second kappa shape index (κ2) is 4.91. The number of nitrogens with one attached hydrogen (secondary N) is 1. The van der Waals surface area contributed by atoms with Crippen LogP contribution in [0.25, 0.3) is 11.3 Å².